The van der Waals surface area contributed by atoms with Crippen LogP contribution in [0.4, 0.5) is 5.69 Å². The van der Waals surface area contributed by atoms with Gasteiger partial charge in [-0.2, -0.15) is 0 Å². The first kappa shape index (κ1) is 18.9. The van der Waals surface area contributed by atoms with E-state index in [0.29, 0.717) is 24.0 Å². The van der Waals surface area contributed by atoms with Gasteiger partial charge in [0.05, 0.1) is 17.3 Å². The molecule has 1 amide bonds. The molecule has 146 valence electrons. The van der Waals surface area contributed by atoms with E-state index in [1.165, 1.54) is 0 Å². The first-order chi connectivity index (χ1) is 13.5. The van der Waals surface area contributed by atoms with Crippen molar-refractivity contribution in [2.75, 3.05) is 22.6 Å². The number of aromatic nitrogens is 2. The highest BCUT2D eigenvalue weighted by Crippen LogP contribution is 2.25. The summed E-state index contributed by atoms with van der Waals surface area (Å²) in [6, 6.07) is 13.6. The van der Waals surface area contributed by atoms with Crippen LogP contribution in [-0.4, -0.2) is 41.8 Å². The van der Waals surface area contributed by atoms with Crippen LogP contribution in [0.25, 0.3) is 10.8 Å². The molecule has 1 aliphatic heterocycles. The summed E-state index contributed by atoms with van der Waals surface area (Å²) in [5, 5.41) is 13.2. The van der Waals surface area contributed by atoms with Gasteiger partial charge in [-0.3, -0.25) is 4.79 Å². The molecule has 4 rings (SSSR count). The van der Waals surface area contributed by atoms with Gasteiger partial charge >= 0.3 is 0 Å². The van der Waals surface area contributed by atoms with Gasteiger partial charge in [-0.15, -0.1) is 10.2 Å². The SMILES string of the molecule is O=C(CSc1nnc(C[C@@H]2CCS(=O)(=O)C2)o1)Nc1cccc2ccccc12. The molecule has 0 spiro atoms. The van der Waals surface area contributed by atoms with Gasteiger partial charge in [-0.05, 0) is 23.8 Å². The Morgan fingerprint density at radius 2 is 2.00 bits per heavy atom. The van der Waals surface area contributed by atoms with Crippen molar-refractivity contribution in [3.05, 3.63) is 48.4 Å². The maximum atomic E-state index is 12.3. The number of amides is 1. The number of hydrogen-bond donors (Lipinski definition) is 1. The predicted molar refractivity (Wildman–Crippen MR) is 108 cm³/mol. The second kappa shape index (κ2) is 7.92. The molecule has 2 heterocycles. The van der Waals surface area contributed by atoms with Gasteiger partial charge in [-0.25, -0.2) is 8.42 Å². The molecule has 7 nitrogen and oxygen atoms in total. The second-order valence-electron chi connectivity index (χ2n) is 6.80. The summed E-state index contributed by atoms with van der Waals surface area (Å²) in [4.78, 5) is 12.3. The average Bonchev–Trinajstić information content (AvgIpc) is 3.26. The van der Waals surface area contributed by atoms with Crippen molar-refractivity contribution in [1.82, 2.24) is 10.2 Å². The minimum atomic E-state index is -2.92. The lowest BCUT2D eigenvalue weighted by Crippen LogP contribution is -2.14. The van der Waals surface area contributed by atoms with E-state index in [1.54, 1.807) is 0 Å². The Hall–Kier alpha value is -2.39. The number of hydrogen-bond acceptors (Lipinski definition) is 7. The van der Waals surface area contributed by atoms with E-state index in [9.17, 15) is 13.2 Å². The summed E-state index contributed by atoms with van der Waals surface area (Å²) in [5.74, 6) is 0.815. The van der Waals surface area contributed by atoms with Crippen LogP contribution in [0, 0.1) is 5.92 Å². The standard InChI is InChI=1S/C19H19N3O4S2/c23-17(20-16-7-3-5-14-4-1-2-6-15(14)16)11-27-19-22-21-18(26-19)10-13-8-9-28(24,25)12-13/h1-7,13H,8-12H2,(H,20,23)/t13-/m0/s1. The molecule has 1 atom stereocenters. The minimum absolute atomic E-state index is 0.0259. The zero-order valence-electron chi connectivity index (χ0n) is 15.0. The molecular weight excluding hydrogens is 398 g/mol. The molecule has 1 saturated heterocycles. The highest BCUT2D eigenvalue weighted by molar-refractivity contribution is 7.99. The van der Waals surface area contributed by atoms with Crippen LogP contribution in [0.15, 0.2) is 52.1 Å². The fraction of sp³-hybridized carbons (Fsp3) is 0.316. The molecule has 1 aromatic heterocycles. The molecule has 1 aliphatic rings. The summed E-state index contributed by atoms with van der Waals surface area (Å²) in [7, 11) is -2.92. The Morgan fingerprint density at radius 3 is 2.82 bits per heavy atom. The maximum absolute atomic E-state index is 12.3. The first-order valence-electron chi connectivity index (χ1n) is 8.92. The molecule has 0 bridgehead atoms. The van der Waals surface area contributed by atoms with Crippen molar-refractivity contribution in [1.29, 1.82) is 0 Å². The number of nitrogens with zero attached hydrogens (tertiary/aromatic N) is 2. The predicted octanol–water partition coefficient (Wildman–Crippen LogP) is 2.93. The summed E-state index contributed by atoms with van der Waals surface area (Å²) in [5.41, 5.74) is 0.761. The van der Waals surface area contributed by atoms with Crippen molar-refractivity contribution in [2.45, 2.75) is 18.1 Å². The summed E-state index contributed by atoms with van der Waals surface area (Å²) >= 11 is 1.16. The van der Waals surface area contributed by atoms with E-state index in [4.69, 9.17) is 4.42 Å². The molecule has 1 N–H and O–H groups in total. The Bertz CT molecular complexity index is 1110. The fourth-order valence-corrected chi connectivity index (χ4v) is 5.75. The molecule has 28 heavy (non-hydrogen) atoms. The normalized spacial score (nSPS) is 18.4. The molecule has 1 fully saturated rings. The van der Waals surface area contributed by atoms with Gasteiger partial charge in [0.2, 0.25) is 11.8 Å². The van der Waals surface area contributed by atoms with E-state index in [2.05, 4.69) is 15.5 Å². The number of anilines is 1. The zero-order valence-corrected chi connectivity index (χ0v) is 16.6. The largest absolute Gasteiger partial charge is 0.416 e. The van der Waals surface area contributed by atoms with Crippen LogP contribution in [0.3, 0.4) is 0 Å². The number of thioether (sulfide) groups is 1. The van der Waals surface area contributed by atoms with Gasteiger partial charge in [0.25, 0.3) is 5.22 Å². The molecule has 0 aliphatic carbocycles. The van der Waals surface area contributed by atoms with Gasteiger partial charge in [-0.1, -0.05) is 48.2 Å². The number of sulfone groups is 1. The molecule has 3 aromatic rings. The monoisotopic (exact) mass is 417 g/mol. The maximum Gasteiger partial charge on any atom is 0.277 e. The zero-order chi connectivity index (χ0) is 19.6. The number of rotatable bonds is 6. The Labute approximate surface area is 166 Å². The number of nitrogens with one attached hydrogen (secondary N) is 1. The van der Waals surface area contributed by atoms with E-state index in [1.807, 2.05) is 42.5 Å². The molecule has 0 radical (unpaired) electrons. The smallest absolute Gasteiger partial charge is 0.277 e. The van der Waals surface area contributed by atoms with Gasteiger partial charge < -0.3 is 9.73 Å². The first-order valence-corrected chi connectivity index (χ1v) is 11.7. The highest BCUT2D eigenvalue weighted by Gasteiger charge is 2.29. The lowest BCUT2D eigenvalue weighted by atomic mass is 10.1. The Morgan fingerprint density at radius 1 is 1.18 bits per heavy atom. The van der Waals surface area contributed by atoms with Crippen LogP contribution < -0.4 is 5.32 Å². The summed E-state index contributed by atoms with van der Waals surface area (Å²) < 4.78 is 28.6. The van der Waals surface area contributed by atoms with Crippen LogP contribution in [0.2, 0.25) is 0 Å². The fourth-order valence-electron chi connectivity index (χ4n) is 3.31. The van der Waals surface area contributed by atoms with Crippen LogP contribution in [-0.2, 0) is 21.1 Å². The van der Waals surface area contributed by atoms with Gasteiger partial charge in [0.1, 0.15) is 0 Å². The minimum Gasteiger partial charge on any atom is -0.416 e. The molecule has 9 heteroatoms. The Kier molecular flexibility index (Phi) is 5.36. The number of benzene rings is 2. The van der Waals surface area contributed by atoms with Crippen molar-refractivity contribution in [3.8, 4) is 0 Å². The lowest BCUT2D eigenvalue weighted by Gasteiger charge is -2.07. The third-order valence-electron chi connectivity index (χ3n) is 4.63. The average molecular weight is 418 g/mol. The van der Waals surface area contributed by atoms with Crippen LogP contribution >= 0.6 is 11.8 Å². The van der Waals surface area contributed by atoms with Crippen molar-refractivity contribution >= 4 is 44.0 Å². The number of carbonyl (C=O) groups is 1. The van der Waals surface area contributed by atoms with Gasteiger partial charge in [0, 0.05) is 17.5 Å². The highest BCUT2D eigenvalue weighted by atomic mass is 32.2. The van der Waals surface area contributed by atoms with E-state index >= 15 is 0 Å². The third kappa shape index (κ3) is 4.53. The number of fused-ring (bicyclic) bond motifs is 1. The van der Waals surface area contributed by atoms with Crippen molar-refractivity contribution in [2.24, 2.45) is 5.92 Å². The molecule has 0 unspecified atom stereocenters. The molecular formula is C19H19N3O4S2. The summed E-state index contributed by atoms with van der Waals surface area (Å²) in [6.07, 6.45) is 1.08. The van der Waals surface area contributed by atoms with Crippen molar-refractivity contribution < 1.29 is 17.6 Å². The molecule has 0 saturated carbocycles. The van der Waals surface area contributed by atoms with Crippen LogP contribution in [0.1, 0.15) is 12.3 Å². The molecule has 2 aromatic carbocycles. The number of carbonyl (C=O) groups excluding carboxylic acids is 1. The summed E-state index contributed by atoms with van der Waals surface area (Å²) in [6.45, 7) is 0. The topological polar surface area (TPSA) is 102 Å². The van der Waals surface area contributed by atoms with E-state index < -0.39 is 9.84 Å². The Balaban J connectivity index is 1.32. The van der Waals surface area contributed by atoms with Gasteiger partial charge in [0.15, 0.2) is 9.84 Å². The second-order valence-corrected chi connectivity index (χ2v) is 9.95. The van der Waals surface area contributed by atoms with Crippen molar-refractivity contribution in [3.63, 3.8) is 0 Å². The van der Waals surface area contributed by atoms with E-state index in [0.717, 1.165) is 28.2 Å². The van der Waals surface area contributed by atoms with Crippen LogP contribution in [0.5, 0.6) is 0 Å². The van der Waals surface area contributed by atoms with E-state index in [-0.39, 0.29) is 29.1 Å². The third-order valence-corrected chi connectivity index (χ3v) is 7.28. The quantitative estimate of drug-likeness (QED) is 0.615. The lowest BCUT2D eigenvalue weighted by molar-refractivity contribution is -0.113.